The lowest BCUT2D eigenvalue weighted by Gasteiger charge is -2.33. The maximum absolute atomic E-state index is 12.7. The number of alkyl halides is 2. The van der Waals surface area contributed by atoms with Gasteiger partial charge in [0.15, 0.2) is 11.5 Å². The van der Waals surface area contributed by atoms with Crippen LogP contribution in [0.15, 0.2) is 36.4 Å². The van der Waals surface area contributed by atoms with Crippen LogP contribution in [0.2, 0.25) is 0 Å². The number of methoxy groups -OCH3 is 2. The van der Waals surface area contributed by atoms with Crippen LogP contribution in [0.25, 0.3) is 0 Å². The molecule has 0 aliphatic carbocycles. The first-order chi connectivity index (χ1) is 13.0. The Morgan fingerprint density at radius 3 is 2.56 bits per heavy atom. The summed E-state index contributed by atoms with van der Waals surface area (Å²) in [4.78, 5) is 14.1. The minimum atomic E-state index is -3.00. The Balaban J connectivity index is 2.00. The van der Waals surface area contributed by atoms with Gasteiger partial charge in [0.05, 0.1) is 32.0 Å². The highest BCUT2D eigenvalue weighted by atomic mass is 19.3. The molecular formula is C19H19F2NO5. The Morgan fingerprint density at radius 2 is 1.93 bits per heavy atom. The Hall–Kier alpha value is -3.03. The van der Waals surface area contributed by atoms with E-state index in [1.54, 1.807) is 7.11 Å². The molecule has 0 atom stereocenters. The van der Waals surface area contributed by atoms with Gasteiger partial charge in [-0.25, -0.2) is 4.79 Å². The third-order valence-electron chi connectivity index (χ3n) is 4.17. The van der Waals surface area contributed by atoms with E-state index in [0.717, 1.165) is 11.3 Å². The van der Waals surface area contributed by atoms with Gasteiger partial charge in [-0.05, 0) is 29.8 Å². The van der Waals surface area contributed by atoms with Gasteiger partial charge in [-0.3, -0.25) is 0 Å². The molecule has 0 spiro atoms. The summed E-state index contributed by atoms with van der Waals surface area (Å²) in [5, 5.41) is 0. The second-order valence-electron chi connectivity index (χ2n) is 5.78. The molecule has 0 N–H and O–H groups in total. The van der Waals surface area contributed by atoms with E-state index in [1.807, 2.05) is 29.2 Å². The molecule has 0 bridgehead atoms. The average molecular weight is 379 g/mol. The number of ether oxygens (including phenoxy) is 4. The van der Waals surface area contributed by atoms with Crippen molar-refractivity contribution >= 4 is 11.7 Å². The van der Waals surface area contributed by atoms with E-state index in [2.05, 4.69) is 4.74 Å². The summed E-state index contributed by atoms with van der Waals surface area (Å²) < 4.78 is 45.6. The first-order valence-electron chi connectivity index (χ1n) is 8.24. The molecule has 1 aliphatic rings. The fraction of sp³-hybridized carbons (Fsp3) is 0.316. The van der Waals surface area contributed by atoms with Gasteiger partial charge in [0.2, 0.25) is 0 Å². The van der Waals surface area contributed by atoms with E-state index in [4.69, 9.17) is 14.2 Å². The number of benzene rings is 2. The molecule has 27 heavy (non-hydrogen) atoms. The number of anilines is 1. The molecule has 1 aliphatic heterocycles. The first-order valence-corrected chi connectivity index (χ1v) is 8.24. The van der Waals surface area contributed by atoms with Crippen LogP contribution in [0.5, 0.6) is 17.2 Å². The van der Waals surface area contributed by atoms with E-state index in [0.29, 0.717) is 18.8 Å². The van der Waals surface area contributed by atoms with Crippen LogP contribution in [0, 0.1) is 0 Å². The number of hydrogen-bond acceptors (Lipinski definition) is 6. The van der Waals surface area contributed by atoms with E-state index in [1.165, 1.54) is 19.2 Å². The second-order valence-corrected chi connectivity index (χ2v) is 5.78. The second kappa shape index (κ2) is 8.11. The van der Waals surface area contributed by atoms with Gasteiger partial charge in [-0.15, -0.1) is 0 Å². The van der Waals surface area contributed by atoms with Gasteiger partial charge in [0.25, 0.3) is 0 Å². The number of carbonyl (C=O) groups excluding carboxylic acids is 1. The van der Waals surface area contributed by atoms with Crippen LogP contribution in [0.1, 0.15) is 15.9 Å². The Bertz CT molecular complexity index is 810. The predicted octanol–water partition coefficient (Wildman–Crippen LogP) is 3.48. The van der Waals surface area contributed by atoms with Crippen molar-refractivity contribution in [3.8, 4) is 17.2 Å². The van der Waals surface area contributed by atoms with Crippen LogP contribution >= 0.6 is 0 Å². The van der Waals surface area contributed by atoms with Gasteiger partial charge < -0.3 is 23.8 Å². The van der Waals surface area contributed by atoms with Crippen molar-refractivity contribution in [1.29, 1.82) is 0 Å². The summed E-state index contributed by atoms with van der Waals surface area (Å²) in [7, 11) is 2.84. The molecule has 0 aromatic heterocycles. The average Bonchev–Trinajstić information content (AvgIpc) is 2.68. The zero-order valence-electron chi connectivity index (χ0n) is 14.9. The maximum Gasteiger partial charge on any atom is 0.387 e. The highest BCUT2D eigenvalue weighted by Crippen LogP contribution is 2.44. The monoisotopic (exact) mass is 379 g/mol. The van der Waals surface area contributed by atoms with Crippen LogP contribution < -0.4 is 19.1 Å². The van der Waals surface area contributed by atoms with Crippen LogP contribution in [-0.2, 0) is 11.3 Å². The lowest BCUT2D eigenvalue weighted by atomic mass is 10.1. The van der Waals surface area contributed by atoms with Gasteiger partial charge in [0.1, 0.15) is 12.4 Å². The van der Waals surface area contributed by atoms with Crippen molar-refractivity contribution in [3.63, 3.8) is 0 Å². The van der Waals surface area contributed by atoms with Gasteiger partial charge in [0, 0.05) is 6.54 Å². The van der Waals surface area contributed by atoms with Crippen molar-refractivity contribution in [2.24, 2.45) is 0 Å². The minimum absolute atomic E-state index is 0.109. The number of halogens is 2. The number of nitrogens with zero attached hydrogens (tertiary/aromatic N) is 1. The van der Waals surface area contributed by atoms with Crippen molar-refractivity contribution in [2.75, 3.05) is 32.3 Å². The smallest absolute Gasteiger partial charge is 0.387 e. The molecule has 2 aromatic rings. The standard InChI is InChI=1S/C19H19F2NO5/c1-24-13-5-3-12(4-6-13)11-22-9-10-26-17-15(27-19(20)21)8-7-14(16(17)22)18(23)25-2/h3-8,19H,9-11H2,1-2H3. The summed E-state index contributed by atoms with van der Waals surface area (Å²) >= 11 is 0. The summed E-state index contributed by atoms with van der Waals surface area (Å²) in [5.41, 5.74) is 1.56. The summed E-state index contributed by atoms with van der Waals surface area (Å²) in [6, 6.07) is 10.1. The number of esters is 1. The zero-order valence-corrected chi connectivity index (χ0v) is 14.9. The fourth-order valence-corrected chi connectivity index (χ4v) is 2.95. The molecule has 0 fully saturated rings. The Labute approximate surface area is 155 Å². The number of hydrogen-bond donors (Lipinski definition) is 0. The number of rotatable bonds is 6. The molecule has 0 saturated carbocycles. The number of carbonyl (C=O) groups is 1. The van der Waals surface area contributed by atoms with Crippen molar-refractivity contribution in [2.45, 2.75) is 13.2 Å². The van der Waals surface area contributed by atoms with Gasteiger partial charge in [-0.2, -0.15) is 8.78 Å². The summed E-state index contributed by atoms with van der Waals surface area (Å²) in [6.07, 6.45) is 0. The number of fused-ring (bicyclic) bond motifs is 1. The van der Waals surface area contributed by atoms with E-state index in [9.17, 15) is 13.6 Å². The molecular weight excluding hydrogens is 360 g/mol. The van der Waals surface area contributed by atoms with Gasteiger partial charge >= 0.3 is 12.6 Å². The molecule has 2 aromatic carbocycles. The molecule has 0 saturated heterocycles. The van der Waals surface area contributed by atoms with Crippen LogP contribution in [-0.4, -0.2) is 40.0 Å². The third kappa shape index (κ3) is 4.05. The van der Waals surface area contributed by atoms with E-state index in [-0.39, 0.29) is 23.7 Å². The Morgan fingerprint density at radius 1 is 1.19 bits per heavy atom. The van der Waals surface area contributed by atoms with Crippen LogP contribution in [0.4, 0.5) is 14.5 Å². The highest BCUT2D eigenvalue weighted by molar-refractivity contribution is 5.98. The molecule has 6 nitrogen and oxygen atoms in total. The molecule has 1 heterocycles. The third-order valence-corrected chi connectivity index (χ3v) is 4.17. The molecule has 0 unspecified atom stereocenters. The molecule has 0 radical (unpaired) electrons. The van der Waals surface area contributed by atoms with Gasteiger partial charge in [-0.1, -0.05) is 12.1 Å². The topological polar surface area (TPSA) is 57.2 Å². The van der Waals surface area contributed by atoms with Crippen LogP contribution in [0.3, 0.4) is 0 Å². The predicted molar refractivity (Wildman–Crippen MR) is 94.0 cm³/mol. The normalized spacial score (nSPS) is 13.0. The Kier molecular flexibility index (Phi) is 5.63. The molecule has 0 amide bonds. The lowest BCUT2D eigenvalue weighted by Crippen LogP contribution is -2.34. The zero-order chi connectivity index (χ0) is 19.4. The lowest BCUT2D eigenvalue weighted by molar-refractivity contribution is -0.0515. The first kappa shape index (κ1) is 18.8. The summed E-state index contributed by atoms with van der Waals surface area (Å²) in [5.74, 6) is 0.133. The van der Waals surface area contributed by atoms with Crippen molar-refractivity contribution in [3.05, 3.63) is 47.5 Å². The SMILES string of the molecule is COC(=O)c1ccc(OC(F)F)c2c1N(Cc1ccc(OC)cc1)CCO2. The quantitative estimate of drug-likeness (QED) is 0.717. The molecule has 144 valence electrons. The largest absolute Gasteiger partial charge is 0.497 e. The maximum atomic E-state index is 12.7. The minimum Gasteiger partial charge on any atom is -0.497 e. The van der Waals surface area contributed by atoms with E-state index < -0.39 is 12.6 Å². The van der Waals surface area contributed by atoms with Crippen molar-refractivity contribution < 1.29 is 32.5 Å². The summed E-state index contributed by atoms with van der Waals surface area (Å²) in [6.45, 7) is -1.81. The van der Waals surface area contributed by atoms with E-state index >= 15 is 0 Å². The molecule has 3 rings (SSSR count). The fourth-order valence-electron chi connectivity index (χ4n) is 2.95. The highest BCUT2D eigenvalue weighted by Gasteiger charge is 2.29. The molecule has 8 heteroatoms. The van der Waals surface area contributed by atoms with Crippen molar-refractivity contribution in [1.82, 2.24) is 0 Å².